The molecule has 1 aliphatic rings. The summed E-state index contributed by atoms with van der Waals surface area (Å²) in [5.74, 6) is -1.59. The Bertz CT molecular complexity index is 487. The molecule has 0 spiro atoms. The smallest absolute Gasteiger partial charge is 0.254 e. The molecule has 1 aromatic carbocycles. The summed E-state index contributed by atoms with van der Waals surface area (Å²) >= 11 is 0. The first kappa shape index (κ1) is 13.8. The molecule has 1 amide bonds. The van der Waals surface area contributed by atoms with Crippen molar-refractivity contribution in [1.82, 2.24) is 5.32 Å². The number of hydrogen-bond donors (Lipinski definition) is 2. The minimum Gasteiger partial charge on any atom is -0.396 e. The van der Waals surface area contributed by atoms with Crippen molar-refractivity contribution in [2.75, 3.05) is 5.73 Å². The van der Waals surface area contributed by atoms with Crippen molar-refractivity contribution >= 4 is 11.6 Å². The topological polar surface area (TPSA) is 55.1 Å². The predicted octanol–water partition coefficient (Wildman–Crippen LogP) is 2.86. The van der Waals surface area contributed by atoms with Crippen LogP contribution in [0.3, 0.4) is 0 Å². The molecule has 3 nitrogen and oxygen atoms in total. The molecule has 19 heavy (non-hydrogen) atoms. The van der Waals surface area contributed by atoms with Gasteiger partial charge >= 0.3 is 0 Å². The number of rotatable bonds is 5. The van der Waals surface area contributed by atoms with Gasteiger partial charge in [-0.15, -0.1) is 0 Å². The van der Waals surface area contributed by atoms with Crippen molar-refractivity contribution in [3.8, 4) is 0 Å². The van der Waals surface area contributed by atoms with Crippen molar-refractivity contribution < 1.29 is 13.6 Å². The van der Waals surface area contributed by atoms with Crippen molar-refractivity contribution in [3.63, 3.8) is 0 Å². The van der Waals surface area contributed by atoms with Gasteiger partial charge in [0, 0.05) is 12.1 Å². The number of nitrogen functional groups attached to an aromatic ring is 1. The number of amides is 1. The van der Waals surface area contributed by atoms with Crippen LogP contribution >= 0.6 is 0 Å². The van der Waals surface area contributed by atoms with Gasteiger partial charge in [-0.2, -0.15) is 0 Å². The van der Waals surface area contributed by atoms with E-state index in [1.54, 1.807) is 0 Å². The number of nitrogens with two attached hydrogens (primary N) is 1. The normalized spacial score (nSPS) is 16.2. The molecule has 1 saturated carbocycles. The molecule has 0 heterocycles. The van der Waals surface area contributed by atoms with Crippen LogP contribution in [-0.2, 0) is 0 Å². The summed E-state index contributed by atoms with van der Waals surface area (Å²) in [6, 6.07) is 1.72. The summed E-state index contributed by atoms with van der Waals surface area (Å²) in [4.78, 5) is 12.0. The van der Waals surface area contributed by atoms with Gasteiger partial charge in [-0.1, -0.05) is 19.8 Å². The molecule has 0 radical (unpaired) electrons. The zero-order chi connectivity index (χ0) is 14.0. The molecular weight excluding hydrogens is 250 g/mol. The van der Waals surface area contributed by atoms with Gasteiger partial charge in [0.1, 0.15) is 11.6 Å². The number of halogens is 2. The molecular formula is C14H18F2N2O. The molecule has 0 saturated heterocycles. The van der Waals surface area contributed by atoms with Gasteiger partial charge in [0.2, 0.25) is 0 Å². The highest BCUT2D eigenvalue weighted by Gasteiger charge is 2.26. The minimum absolute atomic E-state index is 0.0330. The van der Waals surface area contributed by atoms with Crippen molar-refractivity contribution in [3.05, 3.63) is 29.3 Å². The molecule has 104 valence electrons. The highest BCUT2D eigenvalue weighted by Crippen LogP contribution is 2.34. The predicted molar refractivity (Wildman–Crippen MR) is 69.7 cm³/mol. The van der Waals surface area contributed by atoms with Crippen molar-refractivity contribution in [1.29, 1.82) is 0 Å². The van der Waals surface area contributed by atoms with Gasteiger partial charge in [0.25, 0.3) is 5.91 Å². The number of benzene rings is 1. The Kier molecular flexibility index (Phi) is 4.02. The van der Waals surface area contributed by atoms with Gasteiger partial charge in [-0.3, -0.25) is 4.79 Å². The number of carbonyl (C=O) groups is 1. The van der Waals surface area contributed by atoms with Crippen LogP contribution in [0, 0.1) is 17.6 Å². The maximum atomic E-state index is 13.6. The minimum atomic E-state index is -0.884. The molecule has 1 fully saturated rings. The fourth-order valence-corrected chi connectivity index (χ4v) is 2.09. The van der Waals surface area contributed by atoms with E-state index in [0.29, 0.717) is 12.0 Å². The number of carbonyl (C=O) groups excluding carboxylic acids is 1. The fraction of sp³-hybridized carbons (Fsp3) is 0.500. The van der Waals surface area contributed by atoms with E-state index in [0.717, 1.165) is 18.9 Å². The quantitative estimate of drug-likeness (QED) is 0.807. The van der Waals surface area contributed by atoms with Gasteiger partial charge in [-0.05, 0) is 24.8 Å². The van der Waals surface area contributed by atoms with Crippen molar-refractivity contribution in [2.24, 2.45) is 5.92 Å². The molecule has 5 heteroatoms. The average molecular weight is 268 g/mol. The summed E-state index contributed by atoms with van der Waals surface area (Å²) < 4.78 is 26.6. The molecule has 2 rings (SSSR count). The summed E-state index contributed by atoms with van der Waals surface area (Å²) in [5.41, 5.74) is 4.94. The number of nitrogens with one attached hydrogen (secondary N) is 1. The molecule has 0 aliphatic heterocycles. The second-order valence-corrected chi connectivity index (χ2v) is 5.11. The standard InChI is InChI=1S/C14H18F2N2O/c1-2-9(5-8-3-4-8)18-14(19)10-6-13(17)12(16)7-11(10)15/h6-9H,2-5,17H2,1H3,(H,18,19). The Morgan fingerprint density at radius 2 is 2.11 bits per heavy atom. The van der Waals surface area contributed by atoms with Gasteiger partial charge in [-0.25, -0.2) is 8.78 Å². The Balaban J connectivity index is 2.07. The van der Waals surface area contributed by atoms with E-state index in [-0.39, 0.29) is 17.3 Å². The van der Waals surface area contributed by atoms with E-state index >= 15 is 0 Å². The molecule has 0 bridgehead atoms. The molecule has 1 unspecified atom stereocenters. The lowest BCUT2D eigenvalue weighted by molar-refractivity contribution is 0.0928. The largest absolute Gasteiger partial charge is 0.396 e. The van der Waals surface area contributed by atoms with Gasteiger partial charge in [0.15, 0.2) is 0 Å². The van der Waals surface area contributed by atoms with Gasteiger partial charge < -0.3 is 11.1 Å². The first-order valence-corrected chi connectivity index (χ1v) is 6.56. The third kappa shape index (κ3) is 3.43. The monoisotopic (exact) mass is 268 g/mol. The molecule has 1 aromatic rings. The van der Waals surface area contributed by atoms with Crippen LogP contribution in [0.5, 0.6) is 0 Å². The lowest BCUT2D eigenvalue weighted by atomic mass is 10.1. The number of hydrogen-bond acceptors (Lipinski definition) is 2. The lowest BCUT2D eigenvalue weighted by Crippen LogP contribution is -2.35. The van der Waals surface area contributed by atoms with E-state index in [1.807, 2.05) is 6.92 Å². The van der Waals surface area contributed by atoms with Crippen LogP contribution in [0.1, 0.15) is 43.0 Å². The zero-order valence-electron chi connectivity index (χ0n) is 10.9. The van der Waals surface area contributed by atoms with E-state index in [9.17, 15) is 13.6 Å². The van der Waals surface area contributed by atoms with Crippen LogP contribution < -0.4 is 11.1 Å². The SMILES string of the molecule is CCC(CC1CC1)NC(=O)c1cc(N)c(F)cc1F. The Morgan fingerprint density at radius 1 is 1.42 bits per heavy atom. The fourth-order valence-electron chi connectivity index (χ4n) is 2.09. The zero-order valence-corrected chi connectivity index (χ0v) is 10.9. The highest BCUT2D eigenvalue weighted by atomic mass is 19.1. The Labute approximate surface area is 111 Å². The van der Waals surface area contributed by atoms with Crippen LogP contribution in [0.2, 0.25) is 0 Å². The van der Waals surface area contributed by atoms with Crippen LogP contribution in [0.25, 0.3) is 0 Å². The average Bonchev–Trinajstić information content (AvgIpc) is 3.16. The first-order valence-electron chi connectivity index (χ1n) is 6.56. The van der Waals surface area contributed by atoms with Crippen LogP contribution in [0.4, 0.5) is 14.5 Å². The van der Waals surface area contributed by atoms with E-state index in [1.165, 1.54) is 12.8 Å². The second kappa shape index (κ2) is 5.55. The molecule has 1 atom stereocenters. The lowest BCUT2D eigenvalue weighted by Gasteiger charge is -2.17. The summed E-state index contributed by atoms with van der Waals surface area (Å²) in [5, 5.41) is 2.78. The van der Waals surface area contributed by atoms with Crippen molar-refractivity contribution in [2.45, 2.75) is 38.6 Å². The summed E-state index contributed by atoms with van der Waals surface area (Å²) in [6.45, 7) is 1.97. The Morgan fingerprint density at radius 3 is 2.68 bits per heavy atom. The highest BCUT2D eigenvalue weighted by molar-refractivity contribution is 5.95. The van der Waals surface area contributed by atoms with Gasteiger partial charge in [0.05, 0.1) is 11.3 Å². The van der Waals surface area contributed by atoms with E-state index < -0.39 is 17.5 Å². The summed E-state index contributed by atoms with van der Waals surface area (Å²) in [7, 11) is 0. The second-order valence-electron chi connectivity index (χ2n) is 5.11. The number of anilines is 1. The maximum absolute atomic E-state index is 13.6. The van der Waals surface area contributed by atoms with Crippen LogP contribution in [0.15, 0.2) is 12.1 Å². The molecule has 0 aromatic heterocycles. The van der Waals surface area contributed by atoms with E-state index in [4.69, 9.17) is 5.73 Å². The summed E-state index contributed by atoms with van der Waals surface area (Å²) in [6.07, 6.45) is 4.11. The Hall–Kier alpha value is -1.65. The first-order chi connectivity index (χ1) is 9.01. The third-order valence-electron chi connectivity index (χ3n) is 3.47. The molecule has 1 aliphatic carbocycles. The maximum Gasteiger partial charge on any atom is 0.254 e. The molecule has 3 N–H and O–H groups in total. The third-order valence-corrected chi connectivity index (χ3v) is 3.47. The van der Waals surface area contributed by atoms with Crippen LogP contribution in [-0.4, -0.2) is 11.9 Å². The van der Waals surface area contributed by atoms with E-state index in [2.05, 4.69) is 5.32 Å².